The van der Waals surface area contributed by atoms with E-state index in [-0.39, 0.29) is 50.2 Å². The second-order valence-corrected chi connectivity index (χ2v) is 3.95. The smallest absolute Gasteiger partial charge is 0.222 e. The standard InChI is InChI=1S/C10H14FN5O3.C2H6.Ir/c1-19-5(3-17)2-6(11)16-4-13-7-8(16)14-10(12)15-9(7)18;1-2;/h4-6,17H,2-3H2,1H3,(H3,12,14,15,18);1-2H3;/p-1. The molecule has 2 heterocycles. The van der Waals surface area contributed by atoms with Gasteiger partial charge in [0.1, 0.15) is 5.52 Å². The fraction of sp³-hybridized carbons (Fsp3) is 0.583. The summed E-state index contributed by atoms with van der Waals surface area (Å²) in [7, 11) is 1.37. The first-order valence-electron chi connectivity index (χ1n) is 6.53. The van der Waals surface area contributed by atoms with Crippen LogP contribution in [0.2, 0.25) is 0 Å². The number of hydrogen-bond acceptors (Lipinski definition) is 5. The van der Waals surface area contributed by atoms with E-state index < -0.39 is 18.0 Å². The van der Waals surface area contributed by atoms with Crippen molar-refractivity contribution in [1.29, 1.82) is 0 Å². The minimum Gasteiger partial charge on any atom is -0.411 e. The van der Waals surface area contributed by atoms with E-state index in [4.69, 9.17) is 15.6 Å². The zero-order valence-electron chi connectivity index (χ0n) is 12.5. The molecule has 10 heteroatoms. The molecular formula is C12H19FIrN5O3-. The van der Waals surface area contributed by atoms with Gasteiger partial charge in [-0.1, -0.05) is 13.8 Å². The van der Waals surface area contributed by atoms with Crippen molar-refractivity contribution >= 4 is 17.1 Å². The second kappa shape index (κ2) is 9.62. The van der Waals surface area contributed by atoms with Crippen molar-refractivity contribution in [3.63, 3.8) is 0 Å². The van der Waals surface area contributed by atoms with Gasteiger partial charge in [0.15, 0.2) is 6.30 Å². The molecule has 0 aliphatic carbocycles. The van der Waals surface area contributed by atoms with Crippen LogP contribution in [0.5, 0.6) is 0 Å². The predicted octanol–water partition coefficient (Wildman–Crippen LogP) is 1.69. The number of aromatic amines is 1. The van der Waals surface area contributed by atoms with Crippen LogP contribution in [0.15, 0.2) is 11.1 Å². The van der Waals surface area contributed by atoms with Gasteiger partial charge in [-0.25, -0.2) is 9.37 Å². The molecule has 2 unspecified atom stereocenters. The van der Waals surface area contributed by atoms with E-state index in [2.05, 4.69) is 15.0 Å². The average molecular weight is 493 g/mol. The molecule has 2 aromatic rings. The Kier molecular flexibility index (Phi) is 9.03. The Morgan fingerprint density at radius 2 is 2.18 bits per heavy atom. The van der Waals surface area contributed by atoms with Gasteiger partial charge < -0.3 is 25.5 Å². The first-order valence-corrected chi connectivity index (χ1v) is 6.53. The summed E-state index contributed by atoms with van der Waals surface area (Å²) in [6, 6.07) is 0. The van der Waals surface area contributed by atoms with Gasteiger partial charge in [0, 0.05) is 39.6 Å². The van der Waals surface area contributed by atoms with Crippen molar-refractivity contribution in [3.8, 4) is 0 Å². The number of halogens is 1. The molecule has 0 saturated heterocycles. The number of fused-ring (bicyclic) bond motifs is 1. The first kappa shape index (κ1) is 20.6. The molecule has 1 radical (unpaired) electrons. The van der Waals surface area contributed by atoms with Gasteiger partial charge in [0.05, 0.1) is 24.7 Å². The van der Waals surface area contributed by atoms with Gasteiger partial charge in [-0.15, -0.1) is 0 Å². The second-order valence-electron chi connectivity index (χ2n) is 3.95. The minimum absolute atomic E-state index is 0. The first-order chi connectivity index (χ1) is 10.1. The van der Waals surface area contributed by atoms with Crippen LogP contribution in [0.1, 0.15) is 26.6 Å². The van der Waals surface area contributed by atoms with E-state index in [1.165, 1.54) is 7.11 Å². The van der Waals surface area contributed by atoms with Crippen molar-refractivity contribution < 1.29 is 34.3 Å². The predicted molar refractivity (Wildman–Crippen MR) is 76.1 cm³/mol. The van der Waals surface area contributed by atoms with Gasteiger partial charge >= 0.3 is 0 Å². The third-order valence-electron chi connectivity index (χ3n) is 2.73. The van der Waals surface area contributed by atoms with E-state index >= 15 is 0 Å². The molecule has 127 valence electrons. The summed E-state index contributed by atoms with van der Waals surface area (Å²) in [5, 5.41) is 8.96. The van der Waals surface area contributed by atoms with Crippen molar-refractivity contribution in [2.45, 2.75) is 32.7 Å². The molecule has 2 aromatic heterocycles. The molecule has 0 saturated carbocycles. The molecule has 0 bridgehead atoms. The Bertz CT molecular complexity index is 629. The summed E-state index contributed by atoms with van der Waals surface area (Å²) in [6.07, 6.45) is -1.19. The van der Waals surface area contributed by atoms with Gasteiger partial charge in [-0.3, -0.25) is 9.36 Å². The van der Waals surface area contributed by atoms with Gasteiger partial charge in [0.25, 0.3) is 0 Å². The Balaban J connectivity index is 0.00000141. The number of aromatic nitrogens is 4. The van der Waals surface area contributed by atoms with Crippen molar-refractivity contribution in [2.75, 3.05) is 13.7 Å². The van der Waals surface area contributed by atoms with E-state index in [1.54, 1.807) is 0 Å². The molecule has 0 spiro atoms. The molecule has 0 aliphatic rings. The van der Waals surface area contributed by atoms with Crippen molar-refractivity contribution in [3.05, 3.63) is 22.4 Å². The Morgan fingerprint density at radius 3 is 2.73 bits per heavy atom. The van der Waals surface area contributed by atoms with Gasteiger partial charge in [0.2, 0.25) is 5.56 Å². The number of imidazole rings is 1. The fourth-order valence-electron chi connectivity index (χ4n) is 1.71. The summed E-state index contributed by atoms with van der Waals surface area (Å²) >= 11 is 0. The summed E-state index contributed by atoms with van der Waals surface area (Å²) < 4.78 is 20.0. The van der Waals surface area contributed by atoms with Gasteiger partial charge in [-0.2, -0.15) is 0 Å². The largest absolute Gasteiger partial charge is 0.411 e. The van der Waals surface area contributed by atoms with Crippen LogP contribution in [0, 0.1) is 0 Å². The zero-order valence-corrected chi connectivity index (χ0v) is 14.9. The van der Waals surface area contributed by atoms with Crippen LogP contribution in [0.4, 0.5) is 10.3 Å². The average Bonchev–Trinajstić information content (AvgIpc) is 2.90. The Hall–Kier alpha value is -1.35. The molecule has 0 aromatic carbocycles. The zero-order chi connectivity index (χ0) is 16.0. The number of alkyl halides is 1. The van der Waals surface area contributed by atoms with Crippen LogP contribution in [-0.2, 0) is 24.8 Å². The SMILES string of the molecule is CC.COC(CO)CC(F)n1cnc2c(=O)[nH]c([NH-])nc21.[Ir]. The molecular weight excluding hydrogens is 473 g/mol. The molecule has 0 fully saturated rings. The number of rotatable bonds is 5. The third kappa shape index (κ3) is 4.57. The number of hydrogen-bond donors (Lipinski definition) is 2. The third-order valence-corrected chi connectivity index (χ3v) is 2.73. The number of nitrogens with one attached hydrogen (secondary N) is 2. The number of methoxy groups -OCH3 is 1. The molecule has 0 amide bonds. The monoisotopic (exact) mass is 493 g/mol. The maximum Gasteiger partial charge on any atom is 0.222 e. The maximum absolute atomic E-state index is 14.1. The van der Waals surface area contributed by atoms with E-state index in [9.17, 15) is 9.18 Å². The number of aliphatic hydroxyl groups excluding tert-OH is 1. The quantitative estimate of drug-likeness (QED) is 0.659. The summed E-state index contributed by atoms with van der Waals surface area (Å²) in [6.45, 7) is 3.68. The van der Waals surface area contributed by atoms with Crippen molar-refractivity contribution in [1.82, 2.24) is 19.5 Å². The number of nitrogens with zero attached hydrogens (tertiary/aromatic N) is 3. The number of ether oxygens (including phenoxy) is 1. The van der Waals surface area contributed by atoms with Crippen LogP contribution < -0.4 is 5.56 Å². The van der Waals surface area contributed by atoms with Crippen LogP contribution in [-0.4, -0.2) is 44.4 Å². The van der Waals surface area contributed by atoms with Crippen LogP contribution in [0.25, 0.3) is 16.9 Å². The molecule has 2 rings (SSSR count). The van der Waals surface area contributed by atoms with E-state index in [1.807, 2.05) is 13.8 Å². The number of H-pyrrole nitrogens is 1. The molecule has 8 nitrogen and oxygen atoms in total. The summed E-state index contributed by atoms with van der Waals surface area (Å²) in [4.78, 5) is 21.2. The normalized spacial score (nSPS) is 13.0. The van der Waals surface area contributed by atoms with Crippen LogP contribution >= 0.6 is 0 Å². The summed E-state index contributed by atoms with van der Waals surface area (Å²) in [5.74, 6) is -0.364. The van der Waals surface area contributed by atoms with E-state index in [0.717, 1.165) is 10.9 Å². The van der Waals surface area contributed by atoms with Gasteiger partial charge in [-0.05, 0) is 0 Å². The minimum atomic E-state index is -1.56. The molecule has 22 heavy (non-hydrogen) atoms. The Labute approximate surface area is 140 Å². The maximum atomic E-state index is 14.1. The number of aliphatic hydroxyl groups is 1. The fourth-order valence-corrected chi connectivity index (χ4v) is 1.71. The molecule has 2 atom stereocenters. The summed E-state index contributed by atoms with van der Waals surface area (Å²) in [5.41, 5.74) is 6.69. The van der Waals surface area contributed by atoms with Crippen molar-refractivity contribution in [2.24, 2.45) is 0 Å². The molecule has 3 N–H and O–H groups in total. The molecule has 0 aliphatic heterocycles. The Morgan fingerprint density at radius 1 is 1.55 bits per heavy atom. The van der Waals surface area contributed by atoms with E-state index in [0.29, 0.717) is 0 Å². The van der Waals surface area contributed by atoms with Crippen LogP contribution in [0.3, 0.4) is 0 Å². The topological polar surface area (TPSA) is 117 Å².